The lowest BCUT2D eigenvalue weighted by Crippen LogP contribution is -2.33. The molecule has 0 radical (unpaired) electrons. The second-order valence-corrected chi connectivity index (χ2v) is 8.08. The van der Waals surface area contributed by atoms with Crippen molar-refractivity contribution in [1.29, 1.82) is 0 Å². The van der Waals surface area contributed by atoms with Crippen molar-refractivity contribution in [2.24, 2.45) is 5.73 Å². The normalized spacial score (nSPS) is 11.7. The number of methoxy groups -OCH3 is 1. The van der Waals surface area contributed by atoms with Crippen molar-refractivity contribution in [3.8, 4) is 5.75 Å². The van der Waals surface area contributed by atoms with Crippen LogP contribution in [0.15, 0.2) is 57.9 Å². The number of hydrogen-bond acceptors (Lipinski definition) is 4. The largest absolute Gasteiger partial charge is 0.495 e. The summed E-state index contributed by atoms with van der Waals surface area (Å²) in [7, 11) is -2.25. The lowest BCUT2D eigenvalue weighted by atomic mass is 10.2. The Kier molecular flexibility index (Phi) is 6.79. The van der Waals surface area contributed by atoms with Gasteiger partial charge in [-0.15, -0.1) is 0 Å². The molecule has 130 valence electrons. The highest BCUT2D eigenvalue weighted by atomic mass is 79.9. The number of halogens is 1. The number of rotatable bonds is 8. The first-order chi connectivity index (χ1) is 11.5. The monoisotopic (exact) mass is 412 g/mol. The van der Waals surface area contributed by atoms with Crippen molar-refractivity contribution in [3.63, 3.8) is 0 Å². The highest BCUT2D eigenvalue weighted by Crippen LogP contribution is 2.30. The van der Waals surface area contributed by atoms with Gasteiger partial charge in [0.1, 0.15) is 10.6 Å². The molecule has 0 saturated carbocycles. The summed E-state index contributed by atoms with van der Waals surface area (Å²) in [6.07, 6.45) is 0.586. The van der Waals surface area contributed by atoms with Gasteiger partial charge >= 0.3 is 0 Å². The molecule has 2 aromatic carbocycles. The molecule has 0 saturated heterocycles. The summed E-state index contributed by atoms with van der Waals surface area (Å²) in [5.74, 6) is 0.323. The minimum atomic E-state index is -3.71. The first kappa shape index (κ1) is 18.9. The van der Waals surface area contributed by atoms with Crippen molar-refractivity contribution in [3.05, 3.63) is 58.6 Å². The molecule has 0 aliphatic rings. The van der Waals surface area contributed by atoms with Gasteiger partial charge in [-0.1, -0.05) is 46.3 Å². The molecule has 0 bridgehead atoms. The van der Waals surface area contributed by atoms with Crippen molar-refractivity contribution in [1.82, 2.24) is 4.31 Å². The Morgan fingerprint density at radius 1 is 1.17 bits per heavy atom. The van der Waals surface area contributed by atoms with Gasteiger partial charge in [-0.05, 0) is 36.7 Å². The summed E-state index contributed by atoms with van der Waals surface area (Å²) in [5, 5.41) is 0. The third kappa shape index (κ3) is 4.57. The zero-order valence-corrected chi connectivity index (χ0v) is 15.9. The van der Waals surface area contributed by atoms with E-state index in [1.807, 2.05) is 30.3 Å². The summed E-state index contributed by atoms with van der Waals surface area (Å²) >= 11 is 3.33. The Bertz CT molecular complexity index is 767. The molecular formula is C17H21BrN2O3S. The third-order valence-electron chi connectivity index (χ3n) is 3.56. The van der Waals surface area contributed by atoms with E-state index in [1.165, 1.54) is 11.4 Å². The Labute approximate surface area is 151 Å². The van der Waals surface area contributed by atoms with Crippen LogP contribution in [0.25, 0.3) is 0 Å². The van der Waals surface area contributed by atoms with E-state index >= 15 is 0 Å². The van der Waals surface area contributed by atoms with E-state index in [4.69, 9.17) is 10.5 Å². The van der Waals surface area contributed by atoms with E-state index in [1.54, 1.807) is 18.2 Å². The van der Waals surface area contributed by atoms with Gasteiger partial charge in [-0.3, -0.25) is 0 Å². The summed E-state index contributed by atoms with van der Waals surface area (Å²) < 4.78 is 33.7. The molecule has 0 aromatic heterocycles. The van der Waals surface area contributed by atoms with E-state index in [0.717, 1.165) is 5.56 Å². The summed E-state index contributed by atoms with van der Waals surface area (Å²) in [4.78, 5) is 0.146. The first-order valence-corrected chi connectivity index (χ1v) is 9.80. The Balaban J connectivity index is 2.41. The van der Waals surface area contributed by atoms with Gasteiger partial charge in [0.25, 0.3) is 0 Å². The van der Waals surface area contributed by atoms with E-state index in [2.05, 4.69) is 15.9 Å². The lowest BCUT2D eigenvalue weighted by Gasteiger charge is -2.23. The Morgan fingerprint density at radius 3 is 2.50 bits per heavy atom. The van der Waals surface area contributed by atoms with Crippen LogP contribution < -0.4 is 10.5 Å². The Morgan fingerprint density at radius 2 is 1.88 bits per heavy atom. The molecule has 24 heavy (non-hydrogen) atoms. The lowest BCUT2D eigenvalue weighted by molar-refractivity contribution is 0.383. The molecule has 0 atom stereocenters. The molecule has 0 aliphatic heterocycles. The van der Waals surface area contributed by atoms with E-state index < -0.39 is 10.0 Å². The highest BCUT2D eigenvalue weighted by Gasteiger charge is 2.27. The predicted octanol–water partition coefficient (Wildman–Crippen LogP) is 3.00. The maximum absolute atomic E-state index is 13.2. The summed E-state index contributed by atoms with van der Waals surface area (Å²) in [6.45, 7) is 1.07. The van der Waals surface area contributed by atoms with Crippen LogP contribution in [-0.2, 0) is 16.6 Å². The average Bonchev–Trinajstić information content (AvgIpc) is 2.59. The second kappa shape index (κ2) is 8.62. The topological polar surface area (TPSA) is 72.6 Å². The van der Waals surface area contributed by atoms with Gasteiger partial charge in [-0.2, -0.15) is 4.31 Å². The number of benzene rings is 2. The summed E-state index contributed by atoms with van der Waals surface area (Å²) in [6, 6.07) is 14.5. The molecular weight excluding hydrogens is 392 g/mol. The van der Waals surface area contributed by atoms with Crippen LogP contribution in [0.3, 0.4) is 0 Å². The molecule has 0 heterocycles. The third-order valence-corrected chi connectivity index (χ3v) is 5.92. The van der Waals surface area contributed by atoms with Gasteiger partial charge in [0.2, 0.25) is 10.0 Å². The fourth-order valence-corrected chi connectivity index (χ4v) is 4.49. The average molecular weight is 413 g/mol. The molecule has 5 nitrogen and oxygen atoms in total. The zero-order valence-electron chi connectivity index (χ0n) is 13.5. The van der Waals surface area contributed by atoms with Gasteiger partial charge in [-0.25, -0.2) is 8.42 Å². The van der Waals surface area contributed by atoms with Crippen LogP contribution in [0, 0.1) is 0 Å². The van der Waals surface area contributed by atoms with Gasteiger partial charge < -0.3 is 10.5 Å². The number of ether oxygens (including phenoxy) is 1. The fraction of sp³-hybridized carbons (Fsp3) is 0.294. The number of nitrogens with two attached hydrogens (primary N) is 1. The zero-order chi connectivity index (χ0) is 17.6. The van der Waals surface area contributed by atoms with Crippen LogP contribution >= 0.6 is 15.9 Å². The van der Waals surface area contributed by atoms with Crippen LogP contribution in [0.5, 0.6) is 5.75 Å². The van der Waals surface area contributed by atoms with E-state index in [0.29, 0.717) is 36.3 Å². The van der Waals surface area contributed by atoms with E-state index in [9.17, 15) is 8.42 Å². The van der Waals surface area contributed by atoms with Gasteiger partial charge in [0.15, 0.2) is 0 Å². The molecule has 0 fully saturated rings. The van der Waals surface area contributed by atoms with Crippen LogP contribution in [0.1, 0.15) is 12.0 Å². The Hall–Kier alpha value is -1.41. The molecule has 7 heteroatoms. The number of nitrogens with zero attached hydrogens (tertiary/aromatic N) is 1. The maximum Gasteiger partial charge on any atom is 0.247 e. The van der Waals surface area contributed by atoms with Crippen molar-refractivity contribution in [2.45, 2.75) is 17.9 Å². The van der Waals surface area contributed by atoms with Crippen molar-refractivity contribution in [2.75, 3.05) is 20.2 Å². The van der Waals surface area contributed by atoms with Crippen molar-refractivity contribution >= 4 is 26.0 Å². The second-order valence-electron chi connectivity index (χ2n) is 5.26. The van der Waals surface area contributed by atoms with Gasteiger partial charge in [0.05, 0.1) is 7.11 Å². The molecule has 2 aromatic rings. The molecule has 2 rings (SSSR count). The SMILES string of the molecule is COc1ccc(Br)cc1S(=O)(=O)N(CCCN)Cc1ccccc1. The van der Waals surface area contributed by atoms with Crippen molar-refractivity contribution < 1.29 is 13.2 Å². The number of hydrogen-bond donors (Lipinski definition) is 1. The van der Waals surface area contributed by atoms with E-state index in [-0.39, 0.29) is 4.90 Å². The fourth-order valence-electron chi connectivity index (χ4n) is 2.33. The molecule has 2 N–H and O–H groups in total. The first-order valence-electron chi connectivity index (χ1n) is 7.56. The number of sulfonamides is 1. The highest BCUT2D eigenvalue weighted by molar-refractivity contribution is 9.10. The van der Waals surface area contributed by atoms with Crippen LogP contribution in [0.4, 0.5) is 0 Å². The standard InChI is InChI=1S/C17H21BrN2O3S/c1-23-16-9-8-15(18)12-17(16)24(21,22)20(11-5-10-19)13-14-6-3-2-4-7-14/h2-4,6-9,12H,5,10-11,13,19H2,1H3. The predicted molar refractivity (Wildman–Crippen MR) is 98.4 cm³/mol. The molecule has 0 unspecified atom stereocenters. The van der Waals surface area contributed by atoms with Crippen LogP contribution in [0.2, 0.25) is 0 Å². The summed E-state index contributed by atoms with van der Waals surface area (Å²) in [5.41, 5.74) is 6.50. The molecule has 0 amide bonds. The maximum atomic E-state index is 13.2. The molecule has 0 aliphatic carbocycles. The van der Waals surface area contributed by atoms with Crippen LogP contribution in [-0.4, -0.2) is 32.9 Å². The minimum absolute atomic E-state index is 0.146. The smallest absolute Gasteiger partial charge is 0.247 e. The van der Waals surface area contributed by atoms with Gasteiger partial charge in [0, 0.05) is 17.6 Å². The minimum Gasteiger partial charge on any atom is -0.495 e. The molecule has 0 spiro atoms. The quantitative estimate of drug-likeness (QED) is 0.722.